The molecule has 100 valence electrons. The Bertz CT molecular complexity index is 421. The van der Waals surface area contributed by atoms with Gasteiger partial charge in [-0.2, -0.15) is 0 Å². The number of carbonyl (C=O) groups excluding carboxylic acids is 1. The molecule has 0 fully saturated rings. The van der Waals surface area contributed by atoms with E-state index in [9.17, 15) is 4.79 Å². The summed E-state index contributed by atoms with van der Waals surface area (Å²) in [7, 11) is 1.52. The van der Waals surface area contributed by atoms with Gasteiger partial charge in [0, 0.05) is 12.1 Å². The van der Waals surface area contributed by atoms with Gasteiger partial charge in [-0.3, -0.25) is 4.79 Å². The van der Waals surface area contributed by atoms with E-state index >= 15 is 0 Å². The zero-order valence-corrected chi connectivity index (χ0v) is 11.6. The van der Waals surface area contributed by atoms with Crippen LogP contribution in [-0.2, 0) is 0 Å². The monoisotopic (exact) mass is 271 g/mol. The van der Waals surface area contributed by atoms with Gasteiger partial charge in [-0.25, -0.2) is 0 Å². The number of rotatable bonds is 6. The highest BCUT2D eigenvalue weighted by molar-refractivity contribution is 6.32. The number of halogens is 1. The van der Waals surface area contributed by atoms with Crippen molar-refractivity contribution in [1.82, 2.24) is 5.32 Å². The number of benzene rings is 1. The lowest BCUT2D eigenvalue weighted by Gasteiger charge is -2.13. The molecule has 0 unspecified atom stereocenters. The van der Waals surface area contributed by atoms with Gasteiger partial charge < -0.3 is 14.8 Å². The van der Waals surface area contributed by atoms with Crippen LogP contribution in [0, 0.1) is 0 Å². The molecular formula is C13H18ClNO3. The van der Waals surface area contributed by atoms with Crippen LogP contribution in [0.2, 0.25) is 5.02 Å². The Hall–Kier alpha value is -1.42. The Balaban J connectivity index is 3.02. The normalized spacial score (nSPS) is 10.0. The summed E-state index contributed by atoms with van der Waals surface area (Å²) in [6.45, 7) is 4.97. The molecule has 0 aliphatic rings. The zero-order valence-electron chi connectivity index (χ0n) is 10.9. The molecule has 5 heteroatoms. The molecule has 0 saturated heterocycles. The standard InChI is InChI=1S/C13H18ClNO3/c1-4-6-15-13(16)9-7-10(14)12(18-5-2)11(8-9)17-3/h7-8H,4-6H2,1-3H3,(H,15,16). The summed E-state index contributed by atoms with van der Waals surface area (Å²) in [5.74, 6) is 0.764. The second-order valence-corrected chi connectivity index (χ2v) is 4.09. The summed E-state index contributed by atoms with van der Waals surface area (Å²) in [5.41, 5.74) is 0.466. The fraction of sp³-hybridized carbons (Fsp3) is 0.462. The predicted octanol–water partition coefficient (Wildman–Crippen LogP) is 2.89. The van der Waals surface area contributed by atoms with Crippen molar-refractivity contribution in [1.29, 1.82) is 0 Å². The van der Waals surface area contributed by atoms with Gasteiger partial charge in [-0.1, -0.05) is 18.5 Å². The first-order chi connectivity index (χ1) is 8.63. The minimum absolute atomic E-state index is 0.167. The molecule has 0 aliphatic heterocycles. The Morgan fingerprint density at radius 2 is 2.11 bits per heavy atom. The maximum absolute atomic E-state index is 11.8. The molecule has 1 rings (SSSR count). The molecule has 4 nitrogen and oxygen atoms in total. The molecule has 0 bridgehead atoms. The average Bonchev–Trinajstić information content (AvgIpc) is 2.38. The van der Waals surface area contributed by atoms with Crippen LogP contribution in [0.15, 0.2) is 12.1 Å². The van der Waals surface area contributed by atoms with E-state index in [0.717, 1.165) is 6.42 Å². The van der Waals surface area contributed by atoms with Crippen molar-refractivity contribution < 1.29 is 14.3 Å². The van der Waals surface area contributed by atoms with Crippen LogP contribution in [0.5, 0.6) is 11.5 Å². The number of hydrogen-bond acceptors (Lipinski definition) is 3. The van der Waals surface area contributed by atoms with Crippen molar-refractivity contribution in [3.05, 3.63) is 22.7 Å². The smallest absolute Gasteiger partial charge is 0.251 e. The second-order valence-electron chi connectivity index (χ2n) is 3.68. The first-order valence-electron chi connectivity index (χ1n) is 5.92. The van der Waals surface area contributed by atoms with Crippen LogP contribution in [-0.4, -0.2) is 26.2 Å². The van der Waals surface area contributed by atoms with E-state index in [1.54, 1.807) is 12.1 Å². The number of hydrogen-bond donors (Lipinski definition) is 1. The quantitative estimate of drug-likeness (QED) is 0.865. The van der Waals surface area contributed by atoms with Crippen LogP contribution in [0.1, 0.15) is 30.6 Å². The van der Waals surface area contributed by atoms with Gasteiger partial charge >= 0.3 is 0 Å². The molecule has 0 aliphatic carbocycles. The van der Waals surface area contributed by atoms with Gasteiger partial charge in [0.1, 0.15) is 0 Å². The minimum Gasteiger partial charge on any atom is -0.493 e. The molecule has 1 amide bonds. The van der Waals surface area contributed by atoms with Crippen LogP contribution in [0.4, 0.5) is 0 Å². The topological polar surface area (TPSA) is 47.6 Å². The largest absolute Gasteiger partial charge is 0.493 e. The summed E-state index contributed by atoms with van der Waals surface area (Å²) in [5, 5.41) is 3.16. The lowest BCUT2D eigenvalue weighted by molar-refractivity contribution is 0.0953. The molecule has 1 N–H and O–H groups in total. The number of nitrogens with one attached hydrogen (secondary N) is 1. The number of carbonyl (C=O) groups is 1. The first kappa shape index (κ1) is 14.6. The van der Waals surface area contributed by atoms with E-state index < -0.39 is 0 Å². The molecule has 1 aromatic rings. The van der Waals surface area contributed by atoms with E-state index in [0.29, 0.717) is 35.2 Å². The van der Waals surface area contributed by atoms with E-state index in [-0.39, 0.29) is 5.91 Å². The third-order valence-corrected chi connectivity index (χ3v) is 2.60. The van der Waals surface area contributed by atoms with Gasteiger partial charge in [-0.05, 0) is 25.5 Å². The highest BCUT2D eigenvalue weighted by atomic mass is 35.5. The minimum atomic E-state index is -0.167. The molecule has 0 saturated carbocycles. The van der Waals surface area contributed by atoms with Crippen LogP contribution in [0.25, 0.3) is 0 Å². The number of amides is 1. The lowest BCUT2D eigenvalue weighted by atomic mass is 10.2. The van der Waals surface area contributed by atoms with E-state index in [1.165, 1.54) is 7.11 Å². The van der Waals surface area contributed by atoms with Crippen molar-refractivity contribution in [3.63, 3.8) is 0 Å². The van der Waals surface area contributed by atoms with Gasteiger partial charge in [0.2, 0.25) is 0 Å². The first-order valence-corrected chi connectivity index (χ1v) is 6.30. The van der Waals surface area contributed by atoms with Gasteiger partial charge in [0.25, 0.3) is 5.91 Å². The zero-order chi connectivity index (χ0) is 13.5. The number of ether oxygens (including phenoxy) is 2. The average molecular weight is 272 g/mol. The van der Waals surface area contributed by atoms with Gasteiger partial charge in [-0.15, -0.1) is 0 Å². The maximum Gasteiger partial charge on any atom is 0.251 e. The highest BCUT2D eigenvalue weighted by Gasteiger charge is 2.15. The van der Waals surface area contributed by atoms with Crippen molar-refractivity contribution in [2.75, 3.05) is 20.3 Å². The molecule has 0 aromatic heterocycles. The summed E-state index contributed by atoms with van der Waals surface area (Å²) in [4.78, 5) is 11.8. The van der Waals surface area contributed by atoms with Crippen LogP contribution >= 0.6 is 11.6 Å². The molecular weight excluding hydrogens is 254 g/mol. The predicted molar refractivity (Wildman–Crippen MR) is 71.8 cm³/mol. The Kier molecular flexibility index (Phi) is 5.78. The van der Waals surface area contributed by atoms with Gasteiger partial charge in [0.05, 0.1) is 18.7 Å². The Morgan fingerprint density at radius 3 is 2.67 bits per heavy atom. The Morgan fingerprint density at radius 1 is 1.39 bits per heavy atom. The highest BCUT2D eigenvalue weighted by Crippen LogP contribution is 2.36. The van der Waals surface area contributed by atoms with Crippen molar-refractivity contribution in [2.24, 2.45) is 0 Å². The molecule has 0 heterocycles. The molecule has 0 atom stereocenters. The third kappa shape index (κ3) is 3.53. The van der Waals surface area contributed by atoms with E-state index in [1.807, 2.05) is 13.8 Å². The molecule has 0 spiro atoms. The summed E-state index contributed by atoms with van der Waals surface area (Å²) < 4.78 is 10.6. The summed E-state index contributed by atoms with van der Waals surface area (Å²) >= 11 is 6.09. The number of methoxy groups -OCH3 is 1. The van der Waals surface area contributed by atoms with Crippen molar-refractivity contribution in [3.8, 4) is 11.5 Å². The van der Waals surface area contributed by atoms with E-state index in [2.05, 4.69) is 5.32 Å². The van der Waals surface area contributed by atoms with Crippen molar-refractivity contribution >= 4 is 17.5 Å². The SMILES string of the molecule is CCCNC(=O)c1cc(Cl)c(OCC)c(OC)c1. The van der Waals surface area contributed by atoms with Crippen LogP contribution in [0.3, 0.4) is 0 Å². The summed E-state index contributed by atoms with van der Waals surface area (Å²) in [6, 6.07) is 3.21. The fourth-order valence-corrected chi connectivity index (χ4v) is 1.74. The molecule has 18 heavy (non-hydrogen) atoms. The van der Waals surface area contributed by atoms with Crippen LogP contribution < -0.4 is 14.8 Å². The lowest BCUT2D eigenvalue weighted by Crippen LogP contribution is -2.24. The van der Waals surface area contributed by atoms with Crippen molar-refractivity contribution in [2.45, 2.75) is 20.3 Å². The maximum atomic E-state index is 11.8. The Labute approximate surface area is 112 Å². The second kappa shape index (κ2) is 7.11. The van der Waals surface area contributed by atoms with E-state index in [4.69, 9.17) is 21.1 Å². The molecule has 0 radical (unpaired) electrons. The fourth-order valence-electron chi connectivity index (χ4n) is 1.48. The summed E-state index contributed by atoms with van der Waals surface area (Å²) in [6.07, 6.45) is 0.883. The van der Waals surface area contributed by atoms with Gasteiger partial charge in [0.15, 0.2) is 11.5 Å². The third-order valence-electron chi connectivity index (χ3n) is 2.32. The molecule has 1 aromatic carbocycles.